The van der Waals surface area contributed by atoms with Crippen LogP contribution in [0, 0.1) is 0 Å². The van der Waals surface area contributed by atoms with E-state index in [1.165, 1.54) is 12.1 Å². The molecule has 112 valence electrons. The second-order valence-electron chi connectivity index (χ2n) is 4.68. The topological polar surface area (TPSA) is 69.4 Å². The summed E-state index contributed by atoms with van der Waals surface area (Å²) in [6.07, 6.45) is 1.92. The molecule has 0 saturated heterocycles. The highest BCUT2D eigenvalue weighted by Crippen LogP contribution is 2.31. The molecule has 0 spiro atoms. The molecule has 0 heterocycles. The Morgan fingerprint density at radius 2 is 1.90 bits per heavy atom. The third-order valence-corrected chi connectivity index (χ3v) is 4.51. The minimum absolute atomic E-state index is 0.165. The highest BCUT2D eigenvalue weighted by atomic mass is 35.5. The zero-order valence-corrected chi connectivity index (χ0v) is 13.3. The highest BCUT2D eigenvalue weighted by molar-refractivity contribution is 7.90. The van der Waals surface area contributed by atoms with Crippen molar-refractivity contribution in [2.24, 2.45) is 0 Å². The van der Waals surface area contributed by atoms with Crippen molar-refractivity contribution in [1.82, 2.24) is 0 Å². The van der Waals surface area contributed by atoms with E-state index in [1.807, 2.05) is 13.0 Å². The standard InChI is InChI=1S/C15H16ClNO3S/c1-3-10-8-11(4-6-13(10)16)20-15-7-5-12(9-14(15)17)21(2,18)19/h4-9H,3,17H2,1-2H3. The lowest BCUT2D eigenvalue weighted by Gasteiger charge is -2.11. The van der Waals surface area contributed by atoms with Gasteiger partial charge in [0.1, 0.15) is 11.5 Å². The fourth-order valence-electron chi connectivity index (χ4n) is 1.86. The summed E-state index contributed by atoms with van der Waals surface area (Å²) in [7, 11) is -3.28. The van der Waals surface area contributed by atoms with Crippen LogP contribution in [0.1, 0.15) is 12.5 Å². The van der Waals surface area contributed by atoms with Gasteiger partial charge in [0.25, 0.3) is 0 Å². The summed E-state index contributed by atoms with van der Waals surface area (Å²) in [6, 6.07) is 9.75. The molecule has 6 heteroatoms. The number of ether oxygens (including phenoxy) is 1. The average molecular weight is 326 g/mol. The molecule has 0 aromatic heterocycles. The van der Waals surface area contributed by atoms with Crippen molar-refractivity contribution in [2.75, 3.05) is 12.0 Å². The van der Waals surface area contributed by atoms with Crippen LogP contribution in [-0.2, 0) is 16.3 Å². The van der Waals surface area contributed by atoms with E-state index >= 15 is 0 Å². The molecular weight excluding hydrogens is 310 g/mol. The minimum atomic E-state index is -3.28. The number of halogens is 1. The van der Waals surface area contributed by atoms with Gasteiger partial charge in [0.2, 0.25) is 0 Å². The SMILES string of the molecule is CCc1cc(Oc2ccc(S(C)(=O)=O)cc2N)ccc1Cl. The van der Waals surface area contributed by atoms with E-state index in [0.29, 0.717) is 16.5 Å². The monoisotopic (exact) mass is 325 g/mol. The summed E-state index contributed by atoms with van der Waals surface area (Å²) < 4.78 is 28.6. The van der Waals surface area contributed by atoms with Crippen molar-refractivity contribution in [3.05, 3.63) is 47.0 Å². The van der Waals surface area contributed by atoms with Crippen LogP contribution in [0.2, 0.25) is 5.02 Å². The molecule has 0 aliphatic carbocycles. The van der Waals surface area contributed by atoms with Crippen LogP contribution in [0.5, 0.6) is 11.5 Å². The molecule has 4 nitrogen and oxygen atoms in total. The van der Waals surface area contributed by atoms with Gasteiger partial charge in [-0.05, 0) is 48.4 Å². The van der Waals surface area contributed by atoms with Crippen LogP contribution in [-0.4, -0.2) is 14.7 Å². The number of benzene rings is 2. The Morgan fingerprint density at radius 1 is 1.19 bits per heavy atom. The number of hydrogen-bond acceptors (Lipinski definition) is 4. The number of anilines is 1. The molecule has 2 N–H and O–H groups in total. The Bertz CT molecular complexity index is 772. The lowest BCUT2D eigenvalue weighted by Crippen LogP contribution is -2.00. The van der Waals surface area contributed by atoms with E-state index in [2.05, 4.69) is 0 Å². The first kappa shape index (κ1) is 15.7. The Morgan fingerprint density at radius 3 is 2.48 bits per heavy atom. The largest absolute Gasteiger partial charge is 0.455 e. The molecular formula is C15H16ClNO3S. The van der Waals surface area contributed by atoms with Gasteiger partial charge in [-0.1, -0.05) is 18.5 Å². The molecule has 0 atom stereocenters. The van der Waals surface area contributed by atoms with Crippen molar-refractivity contribution < 1.29 is 13.2 Å². The van der Waals surface area contributed by atoms with Crippen molar-refractivity contribution in [3.8, 4) is 11.5 Å². The van der Waals surface area contributed by atoms with E-state index in [1.54, 1.807) is 18.2 Å². The number of rotatable bonds is 4. The van der Waals surface area contributed by atoms with Crippen molar-refractivity contribution in [2.45, 2.75) is 18.2 Å². The molecule has 0 fully saturated rings. The summed E-state index contributed by atoms with van der Waals surface area (Å²) in [4.78, 5) is 0.165. The Balaban J connectivity index is 2.32. The number of nitrogen functional groups attached to an aromatic ring is 1. The summed E-state index contributed by atoms with van der Waals surface area (Å²) in [5.41, 5.74) is 7.09. The zero-order valence-electron chi connectivity index (χ0n) is 11.8. The van der Waals surface area contributed by atoms with Crippen LogP contribution in [0.3, 0.4) is 0 Å². The van der Waals surface area contributed by atoms with Gasteiger partial charge in [0.05, 0.1) is 10.6 Å². The normalized spacial score (nSPS) is 11.4. The third kappa shape index (κ3) is 3.68. The molecule has 0 bridgehead atoms. The number of aryl methyl sites for hydroxylation is 1. The zero-order chi connectivity index (χ0) is 15.6. The van der Waals surface area contributed by atoms with Crippen LogP contribution < -0.4 is 10.5 Å². The van der Waals surface area contributed by atoms with Gasteiger partial charge >= 0.3 is 0 Å². The maximum absolute atomic E-state index is 11.5. The van der Waals surface area contributed by atoms with Crippen LogP contribution in [0.4, 0.5) is 5.69 Å². The second-order valence-corrected chi connectivity index (χ2v) is 7.10. The fourth-order valence-corrected chi connectivity index (χ4v) is 2.77. The van der Waals surface area contributed by atoms with E-state index in [9.17, 15) is 8.42 Å². The Hall–Kier alpha value is -1.72. The van der Waals surface area contributed by atoms with Crippen molar-refractivity contribution >= 4 is 27.1 Å². The summed E-state index contributed by atoms with van der Waals surface area (Å²) in [6.45, 7) is 2.00. The van der Waals surface area contributed by atoms with Crippen LogP contribution >= 0.6 is 11.6 Å². The number of hydrogen-bond donors (Lipinski definition) is 1. The van der Waals surface area contributed by atoms with Crippen molar-refractivity contribution in [1.29, 1.82) is 0 Å². The van der Waals surface area contributed by atoms with Gasteiger partial charge in [-0.15, -0.1) is 0 Å². The Kier molecular flexibility index (Phi) is 4.44. The van der Waals surface area contributed by atoms with E-state index in [-0.39, 0.29) is 10.6 Å². The minimum Gasteiger partial charge on any atom is -0.455 e. The molecule has 2 rings (SSSR count). The molecule has 2 aromatic carbocycles. The molecule has 0 radical (unpaired) electrons. The first-order valence-corrected chi connectivity index (χ1v) is 8.64. The number of nitrogens with two attached hydrogens (primary N) is 1. The molecule has 0 aliphatic heterocycles. The lowest BCUT2D eigenvalue weighted by molar-refractivity contribution is 0.484. The van der Waals surface area contributed by atoms with Crippen molar-refractivity contribution in [3.63, 3.8) is 0 Å². The van der Waals surface area contributed by atoms with Crippen LogP contribution in [0.15, 0.2) is 41.3 Å². The first-order valence-electron chi connectivity index (χ1n) is 6.37. The maximum Gasteiger partial charge on any atom is 0.175 e. The molecule has 2 aromatic rings. The maximum atomic E-state index is 11.5. The predicted molar refractivity (Wildman–Crippen MR) is 84.9 cm³/mol. The number of sulfone groups is 1. The second kappa shape index (κ2) is 5.95. The lowest BCUT2D eigenvalue weighted by atomic mass is 10.1. The van der Waals surface area contributed by atoms with Gasteiger partial charge < -0.3 is 10.5 Å². The smallest absolute Gasteiger partial charge is 0.175 e. The highest BCUT2D eigenvalue weighted by Gasteiger charge is 2.11. The first-order chi connectivity index (χ1) is 9.81. The summed E-state index contributed by atoms with van der Waals surface area (Å²) in [5, 5.41) is 0.685. The van der Waals surface area contributed by atoms with Gasteiger partial charge in [-0.2, -0.15) is 0 Å². The van der Waals surface area contributed by atoms with Gasteiger partial charge in [-0.3, -0.25) is 0 Å². The molecule has 0 amide bonds. The summed E-state index contributed by atoms with van der Waals surface area (Å²) >= 11 is 6.05. The third-order valence-electron chi connectivity index (χ3n) is 3.04. The summed E-state index contributed by atoms with van der Waals surface area (Å²) in [5.74, 6) is 1.02. The molecule has 21 heavy (non-hydrogen) atoms. The fraction of sp³-hybridized carbons (Fsp3) is 0.200. The van der Waals surface area contributed by atoms with Gasteiger partial charge in [-0.25, -0.2) is 8.42 Å². The predicted octanol–water partition coefficient (Wildman–Crippen LogP) is 3.68. The van der Waals surface area contributed by atoms with Gasteiger partial charge in [0, 0.05) is 11.3 Å². The quantitative estimate of drug-likeness (QED) is 0.870. The van der Waals surface area contributed by atoms with Gasteiger partial charge in [0.15, 0.2) is 9.84 Å². The molecule has 0 aliphatic rings. The van der Waals surface area contributed by atoms with E-state index < -0.39 is 9.84 Å². The van der Waals surface area contributed by atoms with E-state index in [4.69, 9.17) is 22.1 Å². The van der Waals surface area contributed by atoms with E-state index in [0.717, 1.165) is 18.2 Å². The average Bonchev–Trinajstić information content (AvgIpc) is 2.42. The molecule has 0 saturated carbocycles. The van der Waals surface area contributed by atoms with Crippen LogP contribution in [0.25, 0.3) is 0 Å². The Labute approximate surface area is 129 Å². The molecule has 0 unspecified atom stereocenters.